The molecule has 0 saturated carbocycles. The topological polar surface area (TPSA) is 89.1 Å². The average Bonchev–Trinajstić information content (AvgIpc) is 3.15. The molecule has 2 N–H and O–H groups in total. The molecule has 0 unspecified atom stereocenters. The quantitative estimate of drug-likeness (QED) is 0.410. The molecule has 0 aliphatic carbocycles. The minimum absolute atomic E-state index is 0.0555. The molecule has 31 heavy (non-hydrogen) atoms. The van der Waals surface area contributed by atoms with Gasteiger partial charge in [-0.1, -0.05) is 35.3 Å². The van der Waals surface area contributed by atoms with Crippen LogP contribution in [0.25, 0.3) is 11.0 Å². The lowest BCUT2D eigenvalue weighted by Crippen LogP contribution is -2.15. The van der Waals surface area contributed by atoms with E-state index in [2.05, 4.69) is 20.5 Å². The number of ether oxygens (including phenoxy) is 2. The van der Waals surface area contributed by atoms with Gasteiger partial charge in [0.15, 0.2) is 17.2 Å². The number of nitrogens with zero attached hydrogens (tertiary/aromatic N) is 2. The van der Waals surface area contributed by atoms with Gasteiger partial charge in [-0.3, -0.25) is 9.89 Å². The van der Waals surface area contributed by atoms with Gasteiger partial charge in [-0.2, -0.15) is 0 Å². The minimum atomic E-state index is -0.873. The van der Waals surface area contributed by atoms with Crippen molar-refractivity contribution >= 4 is 45.8 Å². The van der Waals surface area contributed by atoms with E-state index in [0.717, 1.165) is 5.56 Å². The van der Waals surface area contributed by atoms with Crippen LogP contribution in [-0.4, -0.2) is 28.2 Å². The van der Waals surface area contributed by atoms with E-state index < -0.39 is 11.7 Å². The van der Waals surface area contributed by atoms with Gasteiger partial charge in [-0.15, -0.1) is 5.10 Å². The molecule has 7 nitrogen and oxygen atoms in total. The summed E-state index contributed by atoms with van der Waals surface area (Å²) in [6.45, 7) is 0.0705. The zero-order valence-electron chi connectivity index (χ0n) is 16.1. The maximum Gasteiger partial charge on any atom is 0.260 e. The summed E-state index contributed by atoms with van der Waals surface area (Å²) in [7, 11) is 1.46. The minimum Gasteiger partial charge on any atom is -0.486 e. The number of aromatic nitrogens is 3. The smallest absolute Gasteiger partial charge is 0.260 e. The number of hydrogen-bond acceptors (Lipinski definition) is 5. The molecule has 2 aromatic heterocycles. The fraction of sp³-hybridized carbons (Fsp3) is 0.0952. The maximum absolute atomic E-state index is 15.0. The highest BCUT2D eigenvalue weighted by molar-refractivity contribution is 6.34. The molecule has 4 aromatic rings. The molecule has 0 bridgehead atoms. The van der Waals surface area contributed by atoms with Crippen molar-refractivity contribution in [3.8, 4) is 11.6 Å². The van der Waals surface area contributed by atoms with Gasteiger partial charge in [-0.05, 0) is 35.9 Å². The fourth-order valence-corrected chi connectivity index (χ4v) is 3.38. The number of hydrogen-bond donors (Lipinski definition) is 2. The van der Waals surface area contributed by atoms with Gasteiger partial charge in [0.1, 0.15) is 6.61 Å². The average molecular weight is 461 g/mol. The van der Waals surface area contributed by atoms with Crippen molar-refractivity contribution in [3.05, 3.63) is 75.7 Å². The predicted molar refractivity (Wildman–Crippen MR) is 116 cm³/mol. The molecule has 0 aliphatic rings. The molecule has 2 heterocycles. The van der Waals surface area contributed by atoms with Crippen LogP contribution in [0.4, 0.5) is 10.1 Å². The molecular weight excluding hydrogens is 446 g/mol. The van der Waals surface area contributed by atoms with Crippen molar-refractivity contribution in [2.45, 2.75) is 6.61 Å². The van der Waals surface area contributed by atoms with Crippen LogP contribution in [0.2, 0.25) is 10.0 Å². The Kier molecular flexibility index (Phi) is 5.92. The second-order valence-corrected chi connectivity index (χ2v) is 7.30. The maximum atomic E-state index is 15.0. The molecule has 10 heteroatoms. The summed E-state index contributed by atoms with van der Waals surface area (Å²) in [5.74, 6) is -1.42. The molecule has 0 aliphatic heterocycles. The SMILES string of the molecule is COc1n[nH]c2ncc(NC(=O)c3c(Cl)ccc(OCc4cccc(Cl)c4)c3F)cc12. The Hall–Kier alpha value is -3.36. The number of amides is 1. The van der Waals surface area contributed by atoms with E-state index in [4.69, 9.17) is 32.7 Å². The van der Waals surface area contributed by atoms with Crippen molar-refractivity contribution in [1.82, 2.24) is 15.2 Å². The number of fused-ring (bicyclic) bond motifs is 1. The second kappa shape index (κ2) is 8.79. The number of benzene rings is 2. The number of carbonyl (C=O) groups excluding carboxylic acids is 1. The van der Waals surface area contributed by atoms with Crippen LogP contribution in [0.5, 0.6) is 11.6 Å². The third kappa shape index (κ3) is 4.40. The van der Waals surface area contributed by atoms with Crippen molar-refractivity contribution in [1.29, 1.82) is 0 Å². The first-order chi connectivity index (χ1) is 15.0. The number of aromatic amines is 1. The second-order valence-electron chi connectivity index (χ2n) is 6.46. The van der Waals surface area contributed by atoms with Crippen molar-refractivity contribution in [2.24, 2.45) is 0 Å². The zero-order chi connectivity index (χ0) is 22.0. The lowest BCUT2D eigenvalue weighted by molar-refractivity contribution is 0.102. The van der Waals surface area contributed by atoms with Gasteiger partial charge in [0.25, 0.3) is 5.91 Å². The lowest BCUT2D eigenvalue weighted by Gasteiger charge is -2.12. The van der Waals surface area contributed by atoms with Crippen molar-refractivity contribution < 1.29 is 18.7 Å². The normalized spacial score (nSPS) is 10.8. The summed E-state index contributed by atoms with van der Waals surface area (Å²) in [4.78, 5) is 16.9. The standard InChI is InChI=1S/C21H15Cl2FN4O3/c1-30-21-14-8-13(9-25-19(14)27-28-21)26-20(29)17-15(23)5-6-16(18(17)24)31-10-11-3-2-4-12(22)7-11/h2-9H,10H2,1H3,(H,26,29)(H,25,27,28). The number of carbonyl (C=O) groups is 1. The molecule has 158 valence electrons. The Morgan fingerprint density at radius 2 is 2.06 bits per heavy atom. The van der Waals surface area contributed by atoms with Crippen LogP contribution in [-0.2, 0) is 6.61 Å². The monoisotopic (exact) mass is 460 g/mol. The predicted octanol–water partition coefficient (Wildman–Crippen LogP) is 5.24. The van der Waals surface area contributed by atoms with Crippen molar-refractivity contribution in [2.75, 3.05) is 12.4 Å². The number of H-pyrrole nitrogens is 1. The highest BCUT2D eigenvalue weighted by Gasteiger charge is 2.21. The largest absolute Gasteiger partial charge is 0.486 e. The van der Waals surface area contributed by atoms with E-state index in [1.165, 1.54) is 25.4 Å². The first-order valence-electron chi connectivity index (χ1n) is 9.01. The van der Waals surface area contributed by atoms with Crippen LogP contribution in [0.1, 0.15) is 15.9 Å². The molecule has 0 saturated heterocycles. The number of halogens is 3. The summed E-state index contributed by atoms with van der Waals surface area (Å²) in [6, 6.07) is 11.3. The van der Waals surface area contributed by atoms with E-state index in [1.54, 1.807) is 30.3 Å². The molecular formula is C21H15Cl2FN4O3. The van der Waals surface area contributed by atoms with Crippen LogP contribution < -0.4 is 14.8 Å². The van der Waals surface area contributed by atoms with E-state index in [1.807, 2.05) is 0 Å². The molecule has 0 atom stereocenters. The number of anilines is 1. The third-order valence-electron chi connectivity index (χ3n) is 4.40. The number of nitrogens with one attached hydrogen (secondary N) is 2. The molecule has 0 fully saturated rings. The molecule has 0 radical (unpaired) electrons. The summed E-state index contributed by atoms with van der Waals surface area (Å²) < 4.78 is 25.7. The summed E-state index contributed by atoms with van der Waals surface area (Å²) in [5, 5.41) is 10.3. The molecule has 2 aromatic carbocycles. The molecule has 4 rings (SSSR count). The van der Waals surface area contributed by atoms with E-state index in [0.29, 0.717) is 27.6 Å². The summed E-state index contributed by atoms with van der Waals surface area (Å²) in [6.07, 6.45) is 1.41. The van der Waals surface area contributed by atoms with Crippen LogP contribution >= 0.6 is 23.2 Å². The lowest BCUT2D eigenvalue weighted by atomic mass is 10.1. The Morgan fingerprint density at radius 1 is 1.23 bits per heavy atom. The fourth-order valence-electron chi connectivity index (χ4n) is 2.94. The molecule has 1 amide bonds. The highest BCUT2D eigenvalue weighted by Crippen LogP contribution is 2.30. The van der Waals surface area contributed by atoms with Crippen molar-refractivity contribution in [3.63, 3.8) is 0 Å². The number of rotatable bonds is 6. The Balaban J connectivity index is 1.57. The van der Waals surface area contributed by atoms with Crippen LogP contribution in [0.3, 0.4) is 0 Å². The Bertz CT molecular complexity index is 1280. The van der Waals surface area contributed by atoms with E-state index in [-0.39, 0.29) is 22.9 Å². The van der Waals surface area contributed by atoms with E-state index >= 15 is 4.39 Å². The Morgan fingerprint density at radius 3 is 2.84 bits per heavy atom. The number of methoxy groups -OCH3 is 1. The number of pyridine rings is 1. The van der Waals surface area contributed by atoms with Crippen LogP contribution in [0, 0.1) is 5.82 Å². The Labute approximate surface area is 186 Å². The summed E-state index contributed by atoms with van der Waals surface area (Å²) >= 11 is 12.1. The van der Waals surface area contributed by atoms with Crippen LogP contribution in [0.15, 0.2) is 48.7 Å². The van der Waals surface area contributed by atoms with Gasteiger partial charge in [0.2, 0.25) is 5.88 Å². The first kappa shape index (κ1) is 20.9. The summed E-state index contributed by atoms with van der Waals surface area (Å²) in [5.41, 5.74) is 1.21. The first-order valence-corrected chi connectivity index (χ1v) is 9.76. The highest BCUT2D eigenvalue weighted by atomic mass is 35.5. The van der Waals surface area contributed by atoms with Gasteiger partial charge in [-0.25, -0.2) is 9.37 Å². The van der Waals surface area contributed by atoms with Gasteiger partial charge >= 0.3 is 0 Å². The molecule has 0 spiro atoms. The third-order valence-corrected chi connectivity index (χ3v) is 4.95. The van der Waals surface area contributed by atoms with Gasteiger partial charge in [0.05, 0.1) is 35.0 Å². The van der Waals surface area contributed by atoms with E-state index in [9.17, 15) is 4.79 Å². The van der Waals surface area contributed by atoms with Gasteiger partial charge in [0, 0.05) is 5.02 Å². The zero-order valence-corrected chi connectivity index (χ0v) is 17.6. The van der Waals surface area contributed by atoms with Gasteiger partial charge < -0.3 is 14.8 Å².